The molecule has 0 atom stereocenters. The summed E-state index contributed by atoms with van der Waals surface area (Å²) in [5, 5.41) is 9.18. The van der Waals surface area contributed by atoms with E-state index in [-0.39, 0.29) is 17.2 Å². The van der Waals surface area contributed by atoms with Crippen molar-refractivity contribution in [1.82, 2.24) is 14.4 Å². The number of Topliss-reactive ketones (excluding diaryl/α,β-unsaturated/α-hetero) is 2. The summed E-state index contributed by atoms with van der Waals surface area (Å²) in [7, 11) is 0. The molecule has 2 aromatic rings. The molecule has 0 aliphatic heterocycles. The van der Waals surface area contributed by atoms with Crippen molar-refractivity contribution in [2.45, 2.75) is 0 Å². The monoisotopic (exact) mass is 249 g/mol. The van der Waals surface area contributed by atoms with Gasteiger partial charge in [-0.1, -0.05) is 11.6 Å². The maximum absolute atomic E-state index is 11.8. The number of imidazole rings is 1. The van der Waals surface area contributed by atoms with Gasteiger partial charge in [-0.05, 0) is 6.07 Å². The predicted octanol–water partition coefficient (Wildman–Crippen LogP) is 0.960. The number of ketones is 2. The first kappa shape index (κ1) is 9.98. The van der Waals surface area contributed by atoms with Crippen molar-refractivity contribution in [2.75, 3.05) is 0 Å². The van der Waals surface area contributed by atoms with Crippen LogP contribution in [0.3, 0.4) is 0 Å². The third-order valence-corrected chi connectivity index (χ3v) is 2.81. The number of hydrogen-bond donors (Lipinski definition) is 1. The van der Waals surface area contributed by atoms with Crippen molar-refractivity contribution in [3.63, 3.8) is 0 Å². The van der Waals surface area contributed by atoms with Crippen LogP contribution in [0.4, 0.5) is 0 Å². The number of halogens is 1. The van der Waals surface area contributed by atoms with E-state index in [1.54, 1.807) is 6.07 Å². The van der Waals surface area contributed by atoms with Crippen LogP contribution >= 0.6 is 11.6 Å². The minimum Gasteiger partial charge on any atom is -0.504 e. The van der Waals surface area contributed by atoms with Crippen molar-refractivity contribution in [3.8, 4) is 0 Å². The van der Waals surface area contributed by atoms with Crippen molar-refractivity contribution < 1.29 is 14.7 Å². The molecule has 2 aromatic heterocycles. The number of fused-ring (bicyclic) bond motifs is 3. The normalized spacial score (nSPS) is 15.6. The van der Waals surface area contributed by atoms with E-state index in [0.717, 1.165) is 0 Å². The molecule has 1 aliphatic carbocycles. The lowest BCUT2D eigenvalue weighted by Crippen LogP contribution is -2.23. The Hall–Kier alpha value is -2.21. The Balaban J connectivity index is 2.48. The first-order valence-electron chi connectivity index (χ1n) is 4.62. The Morgan fingerprint density at radius 3 is 2.82 bits per heavy atom. The van der Waals surface area contributed by atoms with Crippen molar-refractivity contribution in [1.29, 1.82) is 0 Å². The second-order valence-corrected chi connectivity index (χ2v) is 3.80. The second-order valence-electron chi connectivity index (χ2n) is 3.42. The van der Waals surface area contributed by atoms with Crippen LogP contribution in [0.15, 0.2) is 23.5 Å². The zero-order chi connectivity index (χ0) is 12.2. The fourth-order valence-corrected chi connectivity index (χ4v) is 1.86. The second kappa shape index (κ2) is 3.14. The highest BCUT2D eigenvalue weighted by Gasteiger charge is 2.36. The number of hydrogen-bond acceptors (Lipinski definition) is 5. The Bertz CT molecular complexity index is 717. The van der Waals surface area contributed by atoms with E-state index >= 15 is 0 Å². The topological polar surface area (TPSA) is 84.6 Å². The lowest BCUT2D eigenvalue weighted by atomic mass is 10.0. The average molecular weight is 250 g/mol. The van der Waals surface area contributed by atoms with Gasteiger partial charge in [0.2, 0.25) is 11.6 Å². The van der Waals surface area contributed by atoms with Gasteiger partial charge in [0.25, 0.3) is 5.78 Å². The summed E-state index contributed by atoms with van der Waals surface area (Å²) >= 11 is 5.56. The fraction of sp³-hybridized carbons (Fsp3) is 0. The maximum Gasteiger partial charge on any atom is 0.253 e. The lowest BCUT2D eigenvalue weighted by molar-refractivity contribution is -0.111. The number of aliphatic hydroxyl groups excluding tert-OH is 1. The number of carbonyl (C=O) groups is 2. The van der Waals surface area contributed by atoms with Gasteiger partial charge in [0, 0.05) is 12.4 Å². The number of carbonyl (C=O) groups excluding carboxylic acids is 2. The summed E-state index contributed by atoms with van der Waals surface area (Å²) in [5.74, 6) is -2.01. The predicted molar refractivity (Wildman–Crippen MR) is 57.7 cm³/mol. The van der Waals surface area contributed by atoms with E-state index in [9.17, 15) is 14.7 Å². The summed E-state index contributed by atoms with van der Waals surface area (Å²) in [4.78, 5) is 31.1. The van der Waals surface area contributed by atoms with Crippen LogP contribution in [0.5, 0.6) is 0 Å². The molecule has 0 spiro atoms. The zero-order valence-electron chi connectivity index (χ0n) is 8.22. The third kappa shape index (κ3) is 1.15. The maximum atomic E-state index is 11.8. The molecule has 0 aromatic carbocycles. The van der Waals surface area contributed by atoms with Gasteiger partial charge in [-0.15, -0.1) is 0 Å². The fourth-order valence-electron chi connectivity index (χ4n) is 1.69. The highest BCUT2D eigenvalue weighted by Crippen LogP contribution is 2.29. The molecule has 1 aliphatic rings. The van der Waals surface area contributed by atoms with Gasteiger partial charge in [0.15, 0.2) is 5.76 Å². The summed E-state index contributed by atoms with van der Waals surface area (Å²) in [5.41, 5.74) is -0.0294. The van der Waals surface area contributed by atoms with Crippen molar-refractivity contribution in [3.05, 3.63) is 34.9 Å². The molecule has 0 saturated heterocycles. The highest BCUT2D eigenvalue weighted by atomic mass is 35.5. The molecule has 7 heteroatoms. The van der Waals surface area contributed by atoms with Gasteiger partial charge in [-0.25, -0.2) is 9.97 Å². The van der Waals surface area contributed by atoms with E-state index in [0.29, 0.717) is 0 Å². The Labute approximate surface area is 99.2 Å². The molecule has 2 heterocycles. The molecule has 0 saturated carbocycles. The largest absolute Gasteiger partial charge is 0.504 e. The molecular weight excluding hydrogens is 246 g/mol. The van der Waals surface area contributed by atoms with Crippen LogP contribution in [-0.2, 0) is 4.79 Å². The van der Waals surface area contributed by atoms with E-state index < -0.39 is 22.4 Å². The standard InChI is InChI=1S/C10H4ClN3O3/c11-4-7(15)5-6(9(17)8(4)16)14-3-1-2-12-10(14)13-5/h1-3,15H. The molecule has 1 N–H and O–H groups in total. The van der Waals surface area contributed by atoms with E-state index in [4.69, 9.17) is 11.6 Å². The number of nitrogens with zero attached hydrogens (tertiary/aromatic N) is 3. The van der Waals surface area contributed by atoms with E-state index in [1.807, 2.05) is 0 Å². The molecule has 0 bridgehead atoms. The summed E-state index contributed by atoms with van der Waals surface area (Å²) < 4.78 is 1.34. The molecule has 3 rings (SSSR count). The molecule has 0 amide bonds. The molecule has 6 nitrogen and oxygen atoms in total. The summed E-state index contributed by atoms with van der Waals surface area (Å²) in [6, 6.07) is 1.59. The highest BCUT2D eigenvalue weighted by molar-refractivity contribution is 6.63. The van der Waals surface area contributed by atoms with Gasteiger partial charge in [-0.3, -0.25) is 14.0 Å². The summed E-state index contributed by atoms with van der Waals surface area (Å²) in [6.07, 6.45) is 3.02. The van der Waals surface area contributed by atoms with Crippen molar-refractivity contribution >= 4 is 34.7 Å². The Morgan fingerprint density at radius 2 is 2.06 bits per heavy atom. The van der Waals surface area contributed by atoms with Crippen molar-refractivity contribution in [2.24, 2.45) is 0 Å². The van der Waals surface area contributed by atoms with Gasteiger partial charge in [0.05, 0.1) is 0 Å². The van der Waals surface area contributed by atoms with E-state index in [1.165, 1.54) is 16.8 Å². The zero-order valence-corrected chi connectivity index (χ0v) is 8.97. The number of aromatic nitrogens is 3. The molecular formula is C10H4ClN3O3. The molecule has 0 unspecified atom stereocenters. The van der Waals surface area contributed by atoms with Crippen LogP contribution in [0.2, 0.25) is 0 Å². The lowest BCUT2D eigenvalue weighted by Gasteiger charge is -2.09. The minimum absolute atomic E-state index is 0.0139. The average Bonchev–Trinajstić information content (AvgIpc) is 2.73. The molecule has 0 fully saturated rings. The number of allylic oxidation sites excluding steroid dienone is 1. The van der Waals surface area contributed by atoms with E-state index in [2.05, 4.69) is 9.97 Å². The Kier molecular flexibility index (Phi) is 1.84. The SMILES string of the molecule is O=C1C(=O)c2c(nc3ncccn23)C(O)=C1Cl. The summed E-state index contributed by atoms with van der Waals surface area (Å²) in [6.45, 7) is 0. The smallest absolute Gasteiger partial charge is 0.253 e. The van der Waals surface area contributed by atoms with Gasteiger partial charge in [0.1, 0.15) is 16.4 Å². The number of rotatable bonds is 0. The minimum atomic E-state index is -0.942. The van der Waals surface area contributed by atoms with Crippen LogP contribution in [0.1, 0.15) is 16.2 Å². The molecule has 0 radical (unpaired) electrons. The van der Waals surface area contributed by atoms with Crippen LogP contribution in [0, 0.1) is 0 Å². The molecule has 84 valence electrons. The first-order valence-corrected chi connectivity index (χ1v) is 5.00. The molecule has 17 heavy (non-hydrogen) atoms. The Morgan fingerprint density at radius 1 is 1.29 bits per heavy atom. The van der Waals surface area contributed by atoms with Crippen LogP contribution < -0.4 is 0 Å². The van der Waals surface area contributed by atoms with Crippen LogP contribution in [0.25, 0.3) is 11.5 Å². The third-order valence-electron chi connectivity index (χ3n) is 2.46. The van der Waals surface area contributed by atoms with Crippen LogP contribution in [-0.4, -0.2) is 31.0 Å². The first-order chi connectivity index (χ1) is 8.11. The van der Waals surface area contributed by atoms with Gasteiger partial charge < -0.3 is 5.11 Å². The van der Waals surface area contributed by atoms with Gasteiger partial charge in [-0.2, -0.15) is 0 Å². The quantitative estimate of drug-likeness (QED) is 0.703. The number of aliphatic hydroxyl groups is 1. The van der Waals surface area contributed by atoms with Gasteiger partial charge >= 0.3 is 0 Å².